The minimum absolute atomic E-state index is 0.00856. The summed E-state index contributed by atoms with van der Waals surface area (Å²) in [5.74, 6) is 1.42. The van der Waals surface area contributed by atoms with E-state index < -0.39 is 5.79 Å². The van der Waals surface area contributed by atoms with Crippen LogP contribution < -0.4 is 37.6 Å². The first-order valence-corrected chi connectivity index (χ1v) is 11.7. The highest BCUT2D eigenvalue weighted by Crippen LogP contribution is 2.33. The fourth-order valence-corrected chi connectivity index (χ4v) is 5.28. The van der Waals surface area contributed by atoms with E-state index in [-0.39, 0.29) is 24.2 Å². The first kappa shape index (κ1) is 22.0. The van der Waals surface area contributed by atoms with Crippen molar-refractivity contribution in [2.75, 3.05) is 67.2 Å². The molecule has 5 rings (SSSR count). The second kappa shape index (κ2) is 8.84. The maximum absolute atomic E-state index is 6.24. The second-order valence-corrected chi connectivity index (χ2v) is 9.65. The van der Waals surface area contributed by atoms with Crippen LogP contribution in [0.1, 0.15) is 25.7 Å². The van der Waals surface area contributed by atoms with Crippen molar-refractivity contribution >= 4 is 17.8 Å². The number of rotatable bonds is 3. The highest BCUT2D eigenvalue weighted by atomic mass is 16.7. The molecule has 32 heavy (non-hydrogen) atoms. The molecule has 1 spiro atoms. The Bertz CT molecular complexity index is 732. The predicted octanol–water partition coefficient (Wildman–Crippen LogP) is -2.06. The van der Waals surface area contributed by atoms with E-state index in [1.807, 2.05) is 0 Å². The highest BCUT2D eigenvalue weighted by Gasteiger charge is 2.40. The zero-order valence-corrected chi connectivity index (χ0v) is 18.6. The third-order valence-electron chi connectivity index (χ3n) is 6.82. The fraction of sp³-hybridized carbons (Fsp3) is 0.850. The van der Waals surface area contributed by atoms with Gasteiger partial charge in [0, 0.05) is 76.3 Å². The smallest absolute Gasteiger partial charge is 0.232 e. The van der Waals surface area contributed by atoms with Gasteiger partial charge in [-0.05, 0) is 12.8 Å². The van der Waals surface area contributed by atoms with E-state index in [0.717, 1.165) is 38.8 Å². The van der Waals surface area contributed by atoms with Crippen molar-refractivity contribution in [3.63, 3.8) is 0 Å². The van der Waals surface area contributed by atoms with Gasteiger partial charge >= 0.3 is 0 Å². The molecular weight excluding hydrogens is 412 g/mol. The molecule has 1 aromatic heterocycles. The van der Waals surface area contributed by atoms with Crippen LogP contribution in [-0.2, 0) is 9.47 Å². The molecule has 4 unspecified atom stereocenters. The van der Waals surface area contributed by atoms with Crippen LogP contribution in [0.4, 0.5) is 17.8 Å². The van der Waals surface area contributed by atoms with Crippen molar-refractivity contribution in [2.24, 2.45) is 22.9 Å². The molecule has 0 saturated carbocycles. The average molecular weight is 449 g/mol. The SMILES string of the molecule is NC1CC(N)CN(c2nc(N3CCC4(CC3)OCCO4)nc(N3CC(N)CC(N)C3)n2)C1. The summed E-state index contributed by atoms with van der Waals surface area (Å²) < 4.78 is 11.8. The summed E-state index contributed by atoms with van der Waals surface area (Å²) in [5.41, 5.74) is 25.0. The van der Waals surface area contributed by atoms with Gasteiger partial charge in [0.05, 0.1) is 13.2 Å². The molecule has 4 aliphatic heterocycles. The minimum Gasteiger partial charge on any atom is -0.347 e. The van der Waals surface area contributed by atoms with Gasteiger partial charge in [0.2, 0.25) is 17.8 Å². The van der Waals surface area contributed by atoms with Crippen molar-refractivity contribution in [3.8, 4) is 0 Å². The lowest BCUT2D eigenvalue weighted by Gasteiger charge is -2.39. The molecule has 4 fully saturated rings. The predicted molar refractivity (Wildman–Crippen MR) is 121 cm³/mol. The van der Waals surface area contributed by atoms with Gasteiger partial charge in [0.1, 0.15) is 0 Å². The maximum atomic E-state index is 6.24. The van der Waals surface area contributed by atoms with E-state index in [4.69, 9.17) is 47.4 Å². The molecular formula is C20H36N10O2. The molecule has 0 amide bonds. The van der Waals surface area contributed by atoms with Crippen LogP contribution in [0, 0.1) is 0 Å². The third kappa shape index (κ3) is 4.61. The molecule has 0 bridgehead atoms. The van der Waals surface area contributed by atoms with Crippen LogP contribution in [0.15, 0.2) is 0 Å². The molecule has 4 atom stereocenters. The molecule has 178 valence electrons. The Morgan fingerprint density at radius 3 is 1.41 bits per heavy atom. The number of nitrogens with two attached hydrogens (primary N) is 4. The average Bonchev–Trinajstić information content (AvgIpc) is 3.20. The lowest BCUT2D eigenvalue weighted by atomic mass is 10.0. The van der Waals surface area contributed by atoms with Gasteiger partial charge in [-0.15, -0.1) is 0 Å². The topological polar surface area (TPSA) is 171 Å². The first-order valence-electron chi connectivity index (χ1n) is 11.7. The Morgan fingerprint density at radius 2 is 1.00 bits per heavy atom. The third-order valence-corrected chi connectivity index (χ3v) is 6.82. The molecule has 0 aromatic carbocycles. The van der Waals surface area contributed by atoms with E-state index in [1.165, 1.54) is 0 Å². The lowest BCUT2D eigenvalue weighted by Crippen LogP contribution is -2.54. The Hall–Kier alpha value is -1.83. The van der Waals surface area contributed by atoms with Crippen molar-refractivity contribution in [1.82, 2.24) is 15.0 Å². The highest BCUT2D eigenvalue weighted by molar-refractivity contribution is 5.48. The van der Waals surface area contributed by atoms with Gasteiger partial charge in [-0.25, -0.2) is 0 Å². The maximum Gasteiger partial charge on any atom is 0.232 e. The number of hydrogen-bond donors (Lipinski definition) is 4. The standard InChI is InChI=1S/C20H36N10O2/c21-13-7-14(22)10-29(9-13)18-25-17(28-3-1-20(2-4-28)31-5-6-32-20)26-19(27-18)30-11-15(23)8-16(24)12-30/h13-16H,1-12,21-24H2. The number of hydrogen-bond acceptors (Lipinski definition) is 12. The second-order valence-electron chi connectivity index (χ2n) is 9.65. The fourth-order valence-electron chi connectivity index (χ4n) is 5.28. The summed E-state index contributed by atoms with van der Waals surface area (Å²) >= 11 is 0. The Labute approximate surface area is 188 Å². The summed E-state index contributed by atoms with van der Waals surface area (Å²) in [4.78, 5) is 20.8. The lowest BCUT2D eigenvalue weighted by molar-refractivity contribution is -0.169. The van der Waals surface area contributed by atoms with Crippen molar-refractivity contribution < 1.29 is 9.47 Å². The van der Waals surface area contributed by atoms with Crippen molar-refractivity contribution in [2.45, 2.75) is 55.6 Å². The molecule has 0 radical (unpaired) electrons. The molecule has 1 aromatic rings. The van der Waals surface area contributed by atoms with E-state index in [2.05, 4.69) is 14.7 Å². The van der Waals surface area contributed by atoms with E-state index in [0.29, 0.717) is 57.2 Å². The molecule has 4 aliphatic rings. The van der Waals surface area contributed by atoms with Gasteiger partial charge in [-0.2, -0.15) is 15.0 Å². The quantitative estimate of drug-likeness (QED) is 0.399. The van der Waals surface area contributed by atoms with E-state index in [1.54, 1.807) is 0 Å². The number of aromatic nitrogens is 3. The van der Waals surface area contributed by atoms with Gasteiger partial charge in [-0.1, -0.05) is 0 Å². The number of nitrogens with zero attached hydrogens (tertiary/aromatic N) is 6. The summed E-state index contributed by atoms with van der Waals surface area (Å²) in [5, 5.41) is 0. The first-order chi connectivity index (χ1) is 15.4. The normalized spacial score (nSPS) is 33.2. The van der Waals surface area contributed by atoms with Crippen molar-refractivity contribution in [1.29, 1.82) is 0 Å². The number of piperidine rings is 3. The zero-order chi connectivity index (χ0) is 22.3. The molecule has 0 aliphatic carbocycles. The van der Waals surface area contributed by atoms with E-state index >= 15 is 0 Å². The summed E-state index contributed by atoms with van der Waals surface area (Å²) in [6.07, 6.45) is 3.15. The molecule has 8 N–H and O–H groups in total. The largest absolute Gasteiger partial charge is 0.347 e. The molecule has 5 heterocycles. The van der Waals surface area contributed by atoms with Crippen LogP contribution in [0.3, 0.4) is 0 Å². The van der Waals surface area contributed by atoms with Crippen LogP contribution in [-0.4, -0.2) is 97.4 Å². The van der Waals surface area contributed by atoms with Crippen LogP contribution in [0.2, 0.25) is 0 Å². The van der Waals surface area contributed by atoms with E-state index in [9.17, 15) is 0 Å². The summed E-state index contributed by atoms with van der Waals surface area (Å²) in [7, 11) is 0. The van der Waals surface area contributed by atoms with Gasteiger partial charge in [0.25, 0.3) is 0 Å². The summed E-state index contributed by atoms with van der Waals surface area (Å²) in [6, 6.07) is -0.0342. The minimum atomic E-state index is -0.450. The number of anilines is 3. The van der Waals surface area contributed by atoms with Gasteiger partial charge in [0.15, 0.2) is 5.79 Å². The summed E-state index contributed by atoms with van der Waals surface area (Å²) in [6.45, 7) is 5.49. The molecule has 12 heteroatoms. The van der Waals surface area contributed by atoms with Crippen molar-refractivity contribution in [3.05, 3.63) is 0 Å². The Kier molecular flexibility index (Phi) is 6.07. The molecule has 4 saturated heterocycles. The van der Waals surface area contributed by atoms with Gasteiger partial charge < -0.3 is 47.1 Å². The monoisotopic (exact) mass is 448 g/mol. The van der Waals surface area contributed by atoms with Crippen LogP contribution in [0.5, 0.6) is 0 Å². The zero-order valence-electron chi connectivity index (χ0n) is 18.6. The van der Waals surface area contributed by atoms with Gasteiger partial charge in [-0.3, -0.25) is 0 Å². The van der Waals surface area contributed by atoms with Crippen LogP contribution >= 0.6 is 0 Å². The Morgan fingerprint density at radius 1 is 0.625 bits per heavy atom. The number of ether oxygens (including phenoxy) is 2. The molecule has 12 nitrogen and oxygen atoms in total. The van der Waals surface area contributed by atoms with Crippen LogP contribution in [0.25, 0.3) is 0 Å². The Balaban J connectivity index is 1.43.